The molecule has 2 aromatic rings. The lowest BCUT2D eigenvalue weighted by atomic mass is 10.1. The topological polar surface area (TPSA) is 93.0 Å². The van der Waals surface area contributed by atoms with E-state index in [1.807, 2.05) is 13.8 Å². The van der Waals surface area contributed by atoms with Crippen LogP contribution in [0, 0.1) is 6.92 Å². The first-order chi connectivity index (χ1) is 9.60. The van der Waals surface area contributed by atoms with Crippen molar-refractivity contribution in [3.05, 3.63) is 35.5 Å². The Morgan fingerprint density at radius 3 is 2.85 bits per heavy atom. The number of rotatable bonds is 5. The molecule has 0 fully saturated rings. The van der Waals surface area contributed by atoms with Gasteiger partial charge in [0, 0.05) is 17.3 Å². The van der Waals surface area contributed by atoms with Crippen LogP contribution in [0.15, 0.2) is 24.3 Å². The molecule has 1 aromatic heterocycles. The lowest BCUT2D eigenvalue weighted by molar-refractivity contribution is 0.102. The smallest absolute Gasteiger partial charge is 0.256 e. The normalized spacial score (nSPS) is 10.3. The highest BCUT2D eigenvalue weighted by molar-refractivity contribution is 6.04. The summed E-state index contributed by atoms with van der Waals surface area (Å²) in [6, 6.07) is 6.73. The van der Waals surface area contributed by atoms with Gasteiger partial charge in [-0.15, -0.1) is 0 Å². The van der Waals surface area contributed by atoms with Crippen LogP contribution in [0.3, 0.4) is 0 Å². The minimum absolute atomic E-state index is 0.259. The maximum absolute atomic E-state index is 12.0. The highest BCUT2D eigenvalue weighted by atomic mass is 16.5. The molecule has 20 heavy (non-hydrogen) atoms. The first kappa shape index (κ1) is 13.9. The molecule has 0 aliphatic rings. The summed E-state index contributed by atoms with van der Waals surface area (Å²) in [4.78, 5) is 12.0. The molecule has 106 valence electrons. The molecule has 0 aliphatic heterocycles. The number of anilines is 2. The van der Waals surface area contributed by atoms with Gasteiger partial charge in [0.25, 0.3) is 5.91 Å². The number of benzene rings is 1. The average molecular weight is 274 g/mol. The summed E-state index contributed by atoms with van der Waals surface area (Å²) in [5.74, 6) is 0.821. The summed E-state index contributed by atoms with van der Waals surface area (Å²) in [6.45, 7) is 4.48. The summed E-state index contributed by atoms with van der Waals surface area (Å²) in [5.41, 5.74) is 7.66. The summed E-state index contributed by atoms with van der Waals surface area (Å²) < 4.78 is 5.47. The number of amides is 1. The van der Waals surface area contributed by atoms with Crippen LogP contribution in [0.2, 0.25) is 0 Å². The molecule has 1 aromatic carbocycles. The standard InChI is InChI=1S/C14H18N4O2/c1-3-6-20-12-5-4-10(8-11(12)15)14(19)16-13-7-9(2)17-18-13/h4-5,7-8H,3,6,15H2,1-2H3,(H2,16,17,18,19). The van der Waals surface area contributed by atoms with Gasteiger partial charge >= 0.3 is 0 Å². The fourth-order valence-corrected chi connectivity index (χ4v) is 1.70. The van der Waals surface area contributed by atoms with Gasteiger partial charge in [-0.2, -0.15) is 5.10 Å². The van der Waals surface area contributed by atoms with Crippen molar-refractivity contribution in [2.75, 3.05) is 17.7 Å². The second-order valence-electron chi connectivity index (χ2n) is 4.49. The first-order valence-corrected chi connectivity index (χ1v) is 6.46. The molecular formula is C14H18N4O2. The van der Waals surface area contributed by atoms with Gasteiger partial charge in [-0.05, 0) is 31.5 Å². The van der Waals surface area contributed by atoms with Crippen LogP contribution in [0.5, 0.6) is 5.75 Å². The number of carbonyl (C=O) groups excluding carboxylic acids is 1. The van der Waals surface area contributed by atoms with Gasteiger partial charge in [0.1, 0.15) is 5.75 Å². The van der Waals surface area contributed by atoms with Gasteiger partial charge in [0.15, 0.2) is 5.82 Å². The van der Waals surface area contributed by atoms with Crippen LogP contribution in [-0.2, 0) is 0 Å². The van der Waals surface area contributed by atoms with E-state index in [9.17, 15) is 4.79 Å². The van der Waals surface area contributed by atoms with Crippen LogP contribution < -0.4 is 15.8 Å². The molecule has 1 heterocycles. The minimum Gasteiger partial charge on any atom is -0.491 e. The molecule has 0 atom stereocenters. The van der Waals surface area contributed by atoms with Gasteiger partial charge in [-0.25, -0.2) is 0 Å². The van der Waals surface area contributed by atoms with Crippen molar-refractivity contribution < 1.29 is 9.53 Å². The Hall–Kier alpha value is -2.50. The molecule has 2 rings (SSSR count). The van der Waals surface area contributed by atoms with Crippen molar-refractivity contribution in [3.8, 4) is 5.75 Å². The Bertz CT molecular complexity index is 607. The summed E-state index contributed by atoms with van der Waals surface area (Å²) in [5, 5.41) is 9.40. The Morgan fingerprint density at radius 2 is 2.25 bits per heavy atom. The van der Waals surface area contributed by atoms with E-state index in [0.29, 0.717) is 29.4 Å². The fraction of sp³-hybridized carbons (Fsp3) is 0.286. The number of nitrogens with two attached hydrogens (primary N) is 1. The molecule has 0 saturated heterocycles. The van der Waals surface area contributed by atoms with Crippen LogP contribution in [0.1, 0.15) is 29.4 Å². The second-order valence-corrected chi connectivity index (χ2v) is 4.49. The molecule has 0 aliphatic carbocycles. The number of aromatic nitrogens is 2. The van der Waals surface area contributed by atoms with E-state index in [-0.39, 0.29) is 5.91 Å². The Balaban J connectivity index is 2.08. The van der Waals surface area contributed by atoms with Crippen LogP contribution >= 0.6 is 0 Å². The molecule has 0 bridgehead atoms. The fourth-order valence-electron chi connectivity index (χ4n) is 1.70. The molecule has 6 nitrogen and oxygen atoms in total. The van der Waals surface area contributed by atoms with Crippen molar-refractivity contribution in [1.82, 2.24) is 10.2 Å². The van der Waals surface area contributed by atoms with E-state index in [2.05, 4.69) is 15.5 Å². The van der Waals surface area contributed by atoms with E-state index in [4.69, 9.17) is 10.5 Å². The average Bonchev–Trinajstić information content (AvgIpc) is 2.82. The Morgan fingerprint density at radius 1 is 1.45 bits per heavy atom. The van der Waals surface area contributed by atoms with E-state index < -0.39 is 0 Å². The van der Waals surface area contributed by atoms with E-state index in [1.54, 1.807) is 24.3 Å². The van der Waals surface area contributed by atoms with Crippen LogP contribution in [0.4, 0.5) is 11.5 Å². The number of aromatic amines is 1. The van der Waals surface area contributed by atoms with Crippen molar-refractivity contribution in [3.63, 3.8) is 0 Å². The maximum Gasteiger partial charge on any atom is 0.256 e. The molecule has 0 spiro atoms. The van der Waals surface area contributed by atoms with E-state index >= 15 is 0 Å². The zero-order chi connectivity index (χ0) is 14.5. The molecular weight excluding hydrogens is 256 g/mol. The van der Waals surface area contributed by atoms with E-state index in [1.165, 1.54) is 0 Å². The van der Waals surface area contributed by atoms with Crippen molar-refractivity contribution >= 4 is 17.4 Å². The van der Waals surface area contributed by atoms with Crippen molar-refractivity contribution in [2.24, 2.45) is 0 Å². The largest absolute Gasteiger partial charge is 0.491 e. The third kappa shape index (κ3) is 3.28. The summed E-state index contributed by atoms with van der Waals surface area (Å²) >= 11 is 0. The van der Waals surface area contributed by atoms with Gasteiger partial charge in [-0.1, -0.05) is 6.92 Å². The van der Waals surface area contributed by atoms with Crippen LogP contribution in [0.25, 0.3) is 0 Å². The van der Waals surface area contributed by atoms with Gasteiger partial charge in [0.2, 0.25) is 0 Å². The highest BCUT2D eigenvalue weighted by Gasteiger charge is 2.10. The molecule has 0 saturated carbocycles. The third-order valence-electron chi connectivity index (χ3n) is 2.68. The number of ether oxygens (including phenoxy) is 1. The molecule has 6 heteroatoms. The number of nitrogen functional groups attached to an aromatic ring is 1. The number of nitrogens with one attached hydrogen (secondary N) is 2. The number of nitrogens with zero attached hydrogens (tertiary/aromatic N) is 1. The lowest BCUT2D eigenvalue weighted by Gasteiger charge is -2.09. The predicted molar refractivity (Wildman–Crippen MR) is 77.9 cm³/mol. The van der Waals surface area contributed by atoms with Crippen LogP contribution in [-0.4, -0.2) is 22.7 Å². The number of H-pyrrole nitrogens is 1. The SMILES string of the molecule is CCCOc1ccc(C(=O)Nc2cc(C)[nH]n2)cc1N. The monoisotopic (exact) mass is 274 g/mol. The highest BCUT2D eigenvalue weighted by Crippen LogP contribution is 2.23. The first-order valence-electron chi connectivity index (χ1n) is 6.46. The van der Waals surface area contributed by atoms with Crippen molar-refractivity contribution in [1.29, 1.82) is 0 Å². The minimum atomic E-state index is -0.259. The Kier molecular flexibility index (Phi) is 4.24. The Labute approximate surface area is 117 Å². The number of hydrogen-bond donors (Lipinski definition) is 3. The maximum atomic E-state index is 12.0. The number of carbonyl (C=O) groups is 1. The zero-order valence-corrected chi connectivity index (χ0v) is 11.6. The predicted octanol–water partition coefficient (Wildman–Crippen LogP) is 2.34. The summed E-state index contributed by atoms with van der Waals surface area (Å²) in [6.07, 6.45) is 0.903. The zero-order valence-electron chi connectivity index (χ0n) is 11.6. The summed E-state index contributed by atoms with van der Waals surface area (Å²) in [7, 11) is 0. The van der Waals surface area contributed by atoms with E-state index in [0.717, 1.165) is 12.1 Å². The molecule has 1 amide bonds. The quantitative estimate of drug-likeness (QED) is 0.729. The molecule has 0 radical (unpaired) electrons. The third-order valence-corrected chi connectivity index (χ3v) is 2.68. The molecule has 4 N–H and O–H groups in total. The number of aryl methyl sites for hydroxylation is 1. The lowest BCUT2D eigenvalue weighted by Crippen LogP contribution is -2.12. The van der Waals surface area contributed by atoms with Gasteiger partial charge in [0.05, 0.1) is 12.3 Å². The van der Waals surface area contributed by atoms with Gasteiger partial charge < -0.3 is 15.8 Å². The van der Waals surface area contributed by atoms with Gasteiger partial charge in [-0.3, -0.25) is 9.89 Å². The second kappa shape index (κ2) is 6.10. The number of hydrogen-bond acceptors (Lipinski definition) is 4. The van der Waals surface area contributed by atoms with Crippen molar-refractivity contribution in [2.45, 2.75) is 20.3 Å². The molecule has 0 unspecified atom stereocenters.